The first kappa shape index (κ1) is 40.2. The number of rotatable bonds is 20. The molecule has 2 aromatic carbocycles. The second-order valence-corrected chi connectivity index (χ2v) is 12.9. The van der Waals surface area contributed by atoms with E-state index in [1.807, 2.05) is 48.5 Å². The minimum absolute atomic E-state index is 0.0230. The number of aromatic amines is 2. The van der Waals surface area contributed by atoms with Crippen LogP contribution in [-0.2, 0) is 36.8 Å². The Hall–Kier alpha value is -6.59. The molecule has 0 bridgehead atoms. The Morgan fingerprint density at radius 1 is 0.593 bits per heavy atom. The van der Waals surface area contributed by atoms with Crippen molar-refractivity contribution in [3.8, 4) is 0 Å². The fraction of sp³-hybridized carbons (Fsp3) is 0.361. The number of para-hydroxylation sites is 2. The van der Waals surface area contributed by atoms with Gasteiger partial charge >= 0.3 is 0 Å². The van der Waals surface area contributed by atoms with Crippen molar-refractivity contribution < 1.29 is 24.0 Å². The molecule has 0 unspecified atom stereocenters. The molecule has 0 saturated heterocycles. The molecule has 16 N–H and O–H groups in total. The smallest absolute Gasteiger partial charge is 0.243 e. The van der Waals surface area contributed by atoms with E-state index in [4.69, 9.17) is 28.7 Å². The number of hydrogen-bond acceptors (Lipinski definition) is 7. The number of fused-ring (bicyclic) bond motifs is 2. The van der Waals surface area contributed by atoms with Crippen LogP contribution in [-0.4, -0.2) is 88.7 Å². The molecule has 0 fully saturated rings. The summed E-state index contributed by atoms with van der Waals surface area (Å²) in [7, 11) is 0. The van der Waals surface area contributed by atoms with Gasteiger partial charge in [0.15, 0.2) is 11.9 Å². The molecule has 2 heterocycles. The van der Waals surface area contributed by atoms with Gasteiger partial charge in [-0.15, -0.1) is 0 Å². The van der Waals surface area contributed by atoms with Crippen molar-refractivity contribution in [2.24, 2.45) is 38.7 Å². The second-order valence-electron chi connectivity index (χ2n) is 12.9. The van der Waals surface area contributed by atoms with Gasteiger partial charge in [0.1, 0.15) is 24.2 Å². The molecule has 288 valence electrons. The normalized spacial score (nSPS) is 13.2. The van der Waals surface area contributed by atoms with E-state index in [9.17, 15) is 24.0 Å². The number of amides is 5. The number of primary amides is 1. The molecular weight excluding hydrogens is 694 g/mol. The Labute approximate surface area is 311 Å². The number of H-pyrrole nitrogens is 2. The van der Waals surface area contributed by atoms with Gasteiger partial charge in [-0.3, -0.25) is 34.0 Å². The van der Waals surface area contributed by atoms with E-state index in [0.29, 0.717) is 6.42 Å². The maximum Gasteiger partial charge on any atom is 0.243 e. The predicted molar refractivity (Wildman–Crippen MR) is 206 cm³/mol. The van der Waals surface area contributed by atoms with Crippen LogP contribution in [0.1, 0.15) is 43.7 Å². The number of nitrogens with two attached hydrogens (primary N) is 5. The summed E-state index contributed by atoms with van der Waals surface area (Å²) in [6.45, 7) is 1.65. The summed E-state index contributed by atoms with van der Waals surface area (Å²) in [5.74, 6) is -3.47. The van der Waals surface area contributed by atoms with E-state index < -0.39 is 53.7 Å². The third kappa shape index (κ3) is 11.7. The number of aliphatic imine (C=N–C) groups is 2. The largest absolute Gasteiger partial charge is 0.370 e. The second kappa shape index (κ2) is 19.3. The number of guanidine groups is 2. The van der Waals surface area contributed by atoms with Crippen LogP contribution in [0.4, 0.5) is 0 Å². The van der Waals surface area contributed by atoms with Crippen molar-refractivity contribution in [3.63, 3.8) is 0 Å². The van der Waals surface area contributed by atoms with Crippen LogP contribution < -0.4 is 49.9 Å². The van der Waals surface area contributed by atoms with Crippen molar-refractivity contribution in [2.75, 3.05) is 13.1 Å². The van der Waals surface area contributed by atoms with Crippen LogP contribution in [0.15, 0.2) is 70.9 Å². The summed E-state index contributed by atoms with van der Waals surface area (Å²) >= 11 is 0. The molecular formula is C36H49N13O5. The fourth-order valence-electron chi connectivity index (χ4n) is 6.08. The van der Waals surface area contributed by atoms with Gasteiger partial charge in [0, 0.05) is 67.1 Å². The Balaban J connectivity index is 1.59. The number of aromatic nitrogens is 2. The summed E-state index contributed by atoms with van der Waals surface area (Å²) in [4.78, 5) is 80.7. The van der Waals surface area contributed by atoms with Crippen molar-refractivity contribution in [1.29, 1.82) is 0 Å². The highest BCUT2D eigenvalue weighted by molar-refractivity contribution is 5.96. The van der Waals surface area contributed by atoms with Gasteiger partial charge in [-0.1, -0.05) is 36.4 Å². The summed E-state index contributed by atoms with van der Waals surface area (Å²) in [5, 5.41) is 12.6. The minimum atomic E-state index is -1.21. The highest BCUT2D eigenvalue weighted by Crippen LogP contribution is 2.21. The third-order valence-corrected chi connectivity index (χ3v) is 8.71. The van der Waals surface area contributed by atoms with E-state index in [0.717, 1.165) is 32.9 Å². The summed E-state index contributed by atoms with van der Waals surface area (Å²) in [5.41, 5.74) is 30.7. The fourth-order valence-corrected chi connectivity index (χ4v) is 6.08. The molecule has 54 heavy (non-hydrogen) atoms. The number of benzene rings is 2. The van der Waals surface area contributed by atoms with Crippen molar-refractivity contribution >= 4 is 63.3 Å². The summed E-state index contributed by atoms with van der Waals surface area (Å²) < 4.78 is 0. The van der Waals surface area contributed by atoms with Crippen molar-refractivity contribution in [3.05, 3.63) is 72.1 Å². The Morgan fingerprint density at radius 3 is 1.46 bits per heavy atom. The average molecular weight is 744 g/mol. The molecule has 0 radical (unpaired) electrons. The van der Waals surface area contributed by atoms with Crippen LogP contribution in [0.3, 0.4) is 0 Å². The van der Waals surface area contributed by atoms with Crippen molar-refractivity contribution in [1.82, 2.24) is 31.2 Å². The molecule has 4 atom stereocenters. The first-order chi connectivity index (χ1) is 25.8. The topological polar surface area (TPSA) is 320 Å². The maximum absolute atomic E-state index is 14.2. The molecule has 0 aliphatic carbocycles. The Morgan fingerprint density at radius 2 is 1.00 bits per heavy atom. The predicted octanol–water partition coefficient (Wildman–Crippen LogP) is -1.01. The Kier molecular flexibility index (Phi) is 14.4. The van der Waals surface area contributed by atoms with Crippen molar-refractivity contribution in [2.45, 2.75) is 69.6 Å². The van der Waals surface area contributed by atoms with Gasteiger partial charge in [0.25, 0.3) is 0 Å². The number of carbonyl (C=O) groups is 5. The van der Waals surface area contributed by atoms with Gasteiger partial charge in [-0.05, 0) is 48.9 Å². The van der Waals surface area contributed by atoms with Crippen LogP contribution in [0.25, 0.3) is 21.8 Å². The molecule has 5 amide bonds. The highest BCUT2D eigenvalue weighted by Gasteiger charge is 2.31. The van der Waals surface area contributed by atoms with Crippen LogP contribution >= 0.6 is 0 Å². The monoisotopic (exact) mass is 743 g/mol. The zero-order chi connectivity index (χ0) is 39.2. The van der Waals surface area contributed by atoms with Crippen LogP contribution in [0.5, 0.6) is 0 Å². The molecule has 0 saturated carbocycles. The van der Waals surface area contributed by atoms with Crippen LogP contribution in [0.2, 0.25) is 0 Å². The van der Waals surface area contributed by atoms with Crippen LogP contribution in [0, 0.1) is 0 Å². The van der Waals surface area contributed by atoms with E-state index in [1.165, 1.54) is 6.92 Å². The first-order valence-corrected chi connectivity index (χ1v) is 17.5. The number of hydrogen-bond donors (Lipinski definition) is 11. The molecule has 0 spiro atoms. The van der Waals surface area contributed by atoms with Gasteiger partial charge in [-0.2, -0.15) is 0 Å². The third-order valence-electron chi connectivity index (χ3n) is 8.71. The van der Waals surface area contributed by atoms with E-state index >= 15 is 0 Å². The summed E-state index contributed by atoms with van der Waals surface area (Å²) in [6, 6.07) is 10.4. The van der Waals surface area contributed by atoms with E-state index in [2.05, 4.69) is 41.2 Å². The summed E-state index contributed by atoms with van der Waals surface area (Å²) in [6.07, 6.45) is 4.47. The quantitative estimate of drug-likeness (QED) is 0.0300. The standard InChI is InChI=1S/C36H49N13O5/c1-20(50)46-27(12-6-14-42-35(38)39)32(52)49-30(17-22-19-45-26-11-5-3-9-24(22)26)34(54)47-28(13-7-15-43-36(40)41)33(53)48-29(31(37)51)16-21-18-44-25-10-4-2-8-23(21)25/h2-5,8-11,18-19,27-30,44-45H,6-7,12-17H2,1H3,(H2,37,51)(H,46,50)(H,47,54)(H,48,53)(H,49,52)(H4,38,39,42)(H4,40,41,43)/t27-,28-,29-,30-/m0/s1. The SMILES string of the molecule is CC(=O)N[C@@H](CCCN=C(N)N)C(=O)N[C@@H](Cc1c[nH]c2ccccc12)C(=O)N[C@@H](CCCN=C(N)N)C(=O)N[C@@H](Cc1c[nH]c2ccccc12)C(N)=O. The first-order valence-electron chi connectivity index (χ1n) is 17.5. The molecule has 18 heteroatoms. The highest BCUT2D eigenvalue weighted by atomic mass is 16.2. The van der Waals surface area contributed by atoms with E-state index in [1.54, 1.807) is 12.4 Å². The minimum Gasteiger partial charge on any atom is -0.370 e. The van der Waals surface area contributed by atoms with Gasteiger partial charge < -0.3 is 59.9 Å². The lowest BCUT2D eigenvalue weighted by atomic mass is 10.0. The maximum atomic E-state index is 14.2. The molecule has 18 nitrogen and oxygen atoms in total. The zero-order valence-corrected chi connectivity index (χ0v) is 30.1. The molecule has 0 aliphatic heterocycles. The van der Waals surface area contributed by atoms with E-state index in [-0.39, 0.29) is 57.1 Å². The lowest BCUT2D eigenvalue weighted by molar-refractivity contribution is -0.134. The van der Waals surface area contributed by atoms with Gasteiger partial charge in [0.05, 0.1) is 0 Å². The number of nitrogens with one attached hydrogen (secondary N) is 6. The molecule has 2 aromatic heterocycles. The molecule has 4 rings (SSSR count). The number of carbonyl (C=O) groups excluding carboxylic acids is 5. The number of nitrogens with zero attached hydrogens (tertiary/aromatic N) is 2. The lowest BCUT2D eigenvalue weighted by Crippen LogP contribution is -2.58. The average Bonchev–Trinajstić information content (AvgIpc) is 3.73. The van der Waals surface area contributed by atoms with Gasteiger partial charge in [-0.25, -0.2) is 0 Å². The molecule has 0 aliphatic rings. The molecule has 4 aromatic rings. The zero-order valence-electron chi connectivity index (χ0n) is 30.1. The van der Waals surface area contributed by atoms with Gasteiger partial charge in [0.2, 0.25) is 29.5 Å². The Bertz CT molecular complexity index is 1990. The lowest BCUT2D eigenvalue weighted by Gasteiger charge is -2.26.